The van der Waals surface area contributed by atoms with Crippen molar-refractivity contribution in [2.24, 2.45) is 0 Å². The van der Waals surface area contributed by atoms with Crippen LogP contribution in [-0.2, 0) is 0 Å². The molecule has 0 aliphatic rings. The number of nitrogens with zero attached hydrogens (tertiary/aromatic N) is 1. The van der Waals surface area contributed by atoms with E-state index in [4.69, 9.17) is 0 Å². The predicted molar refractivity (Wildman–Crippen MR) is 200 cm³/mol. The van der Waals surface area contributed by atoms with E-state index in [1.807, 2.05) is 11.3 Å². The van der Waals surface area contributed by atoms with Crippen molar-refractivity contribution in [3.8, 4) is 22.3 Å². The van der Waals surface area contributed by atoms with E-state index >= 15 is 0 Å². The summed E-state index contributed by atoms with van der Waals surface area (Å²) in [5, 5.41) is 7.59. The Labute approximate surface area is 272 Å². The van der Waals surface area contributed by atoms with Crippen molar-refractivity contribution in [1.29, 1.82) is 0 Å². The van der Waals surface area contributed by atoms with Crippen LogP contribution < -0.4 is 4.90 Å². The standard InChI is InChI=1S/C44H29NS/c1-2-12-31(13-3-1)37-22-9-16-32-17-10-23-38(44(32)37)33-18-8-19-34(28-33)45(41-24-11-15-30-14-4-5-20-36(30)41)35-26-27-40-39-21-6-7-25-42(39)46-43(40)29-35/h1-29H. The molecule has 2 heteroatoms. The van der Waals surface area contributed by atoms with Gasteiger partial charge >= 0.3 is 0 Å². The zero-order valence-electron chi connectivity index (χ0n) is 25.1. The average Bonchev–Trinajstić information content (AvgIpc) is 3.50. The fourth-order valence-electron chi connectivity index (χ4n) is 6.94. The van der Waals surface area contributed by atoms with Crippen LogP contribution in [0.1, 0.15) is 0 Å². The van der Waals surface area contributed by atoms with Crippen LogP contribution in [0.2, 0.25) is 0 Å². The molecule has 0 unspecified atom stereocenters. The third kappa shape index (κ3) is 4.46. The molecule has 8 aromatic carbocycles. The van der Waals surface area contributed by atoms with Gasteiger partial charge < -0.3 is 4.90 Å². The van der Waals surface area contributed by atoms with Gasteiger partial charge in [-0.15, -0.1) is 11.3 Å². The Kier molecular flexibility index (Phi) is 6.40. The quantitative estimate of drug-likeness (QED) is 0.189. The molecule has 1 nitrogen and oxygen atoms in total. The lowest BCUT2D eigenvalue weighted by Crippen LogP contribution is -2.10. The fraction of sp³-hybridized carbons (Fsp3) is 0. The molecule has 216 valence electrons. The van der Waals surface area contributed by atoms with Crippen molar-refractivity contribution in [1.82, 2.24) is 0 Å². The maximum atomic E-state index is 2.43. The maximum absolute atomic E-state index is 2.43. The average molecular weight is 604 g/mol. The van der Waals surface area contributed by atoms with E-state index in [0.717, 1.165) is 11.4 Å². The first-order valence-electron chi connectivity index (χ1n) is 15.7. The zero-order chi connectivity index (χ0) is 30.5. The van der Waals surface area contributed by atoms with Crippen molar-refractivity contribution < 1.29 is 0 Å². The lowest BCUT2D eigenvalue weighted by molar-refractivity contribution is 1.30. The largest absolute Gasteiger partial charge is 0.310 e. The molecule has 0 amide bonds. The molecular weight excluding hydrogens is 575 g/mol. The molecule has 9 aromatic rings. The molecule has 0 spiro atoms. The van der Waals surface area contributed by atoms with Crippen molar-refractivity contribution >= 4 is 70.1 Å². The predicted octanol–water partition coefficient (Wildman–Crippen LogP) is 13.2. The van der Waals surface area contributed by atoms with Crippen LogP contribution in [0, 0.1) is 0 Å². The molecular formula is C44H29NS. The van der Waals surface area contributed by atoms with Crippen LogP contribution in [0.15, 0.2) is 176 Å². The second-order valence-electron chi connectivity index (χ2n) is 11.7. The van der Waals surface area contributed by atoms with E-state index in [2.05, 4.69) is 181 Å². The van der Waals surface area contributed by atoms with Crippen LogP contribution in [-0.4, -0.2) is 0 Å². The summed E-state index contributed by atoms with van der Waals surface area (Å²) < 4.78 is 2.61. The molecule has 0 aliphatic heterocycles. The summed E-state index contributed by atoms with van der Waals surface area (Å²) in [6, 6.07) is 64.0. The SMILES string of the molecule is c1ccc(-c2cccc3cccc(-c4cccc(N(c5ccc6c(c5)sc5ccccc56)c5cccc6ccccc56)c4)c23)cc1. The summed E-state index contributed by atoms with van der Waals surface area (Å²) in [4.78, 5) is 2.43. The smallest absolute Gasteiger partial charge is 0.0540 e. The first kappa shape index (κ1) is 26.7. The molecule has 0 saturated carbocycles. The van der Waals surface area contributed by atoms with E-state index in [1.165, 1.54) is 69.7 Å². The molecule has 9 rings (SSSR count). The molecule has 0 fully saturated rings. The van der Waals surface area contributed by atoms with Gasteiger partial charge in [0.05, 0.1) is 5.69 Å². The van der Waals surface area contributed by atoms with Gasteiger partial charge in [-0.3, -0.25) is 0 Å². The molecule has 1 aromatic heterocycles. The first-order chi connectivity index (χ1) is 22.8. The highest BCUT2D eigenvalue weighted by molar-refractivity contribution is 7.25. The van der Waals surface area contributed by atoms with Gasteiger partial charge in [-0.05, 0) is 74.8 Å². The number of benzene rings is 8. The Bertz CT molecular complexity index is 2530. The highest BCUT2D eigenvalue weighted by atomic mass is 32.1. The zero-order valence-corrected chi connectivity index (χ0v) is 25.9. The molecule has 1 heterocycles. The second kappa shape index (κ2) is 11.0. The number of fused-ring (bicyclic) bond motifs is 5. The second-order valence-corrected chi connectivity index (χ2v) is 12.8. The van der Waals surface area contributed by atoms with E-state index in [9.17, 15) is 0 Å². The Balaban J connectivity index is 1.27. The van der Waals surface area contributed by atoms with Gasteiger partial charge in [0.25, 0.3) is 0 Å². The minimum Gasteiger partial charge on any atom is -0.310 e. The Morgan fingerprint density at radius 1 is 0.370 bits per heavy atom. The van der Waals surface area contributed by atoms with Gasteiger partial charge in [0.1, 0.15) is 0 Å². The van der Waals surface area contributed by atoms with Crippen molar-refractivity contribution in [2.45, 2.75) is 0 Å². The Morgan fingerprint density at radius 3 is 1.85 bits per heavy atom. The number of rotatable bonds is 5. The van der Waals surface area contributed by atoms with Gasteiger partial charge in [-0.25, -0.2) is 0 Å². The number of thiophene rings is 1. The third-order valence-corrected chi connectivity index (χ3v) is 10.2. The van der Waals surface area contributed by atoms with Crippen LogP contribution in [0.5, 0.6) is 0 Å². The summed E-state index contributed by atoms with van der Waals surface area (Å²) >= 11 is 1.86. The highest BCUT2D eigenvalue weighted by Gasteiger charge is 2.18. The maximum Gasteiger partial charge on any atom is 0.0540 e. The molecule has 46 heavy (non-hydrogen) atoms. The fourth-order valence-corrected chi connectivity index (χ4v) is 8.08. The van der Waals surface area contributed by atoms with Crippen LogP contribution in [0.25, 0.3) is 64.0 Å². The van der Waals surface area contributed by atoms with Gasteiger partial charge in [-0.2, -0.15) is 0 Å². The van der Waals surface area contributed by atoms with E-state index < -0.39 is 0 Å². The van der Waals surface area contributed by atoms with Crippen molar-refractivity contribution in [3.63, 3.8) is 0 Å². The van der Waals surface area contributed by atoms with E-state index in [1.54, 1.807) is 0 Å². The summed E-state index contributed by atoms with van der Waals surface area (Å²) in [7, 11) is 0. The first-order valence-corrected chi connectivity index (χ1v) is 16.5. The van der Waals surface area contributed by atoms with Gasteiger partial charge in [-0.1, -0.05) is 140 Å². The van der Waals surface area contributed by atoms with E-state index in [0.29, 0.717) is 0 Å². The van der Waals surface area contributed by atoms with Crippen molar-refractivity contribution in [2.75, 3.05) is 4.90 Å². The highest BCUT2D eigenvalue weighted by Crippen LogP contribution is 2.44. The monoisotopic (exact) mass is 603 g/mol. The van der Waals surface area contributed by atoms with Crippen LogP contribution in [0.3, 0.4) is 0 Å². The number of hydrogen-bond acceptors (Lipinski definition) is 2. The lowest BCUT2D eigenvalue weighted by Gasteiger charge is -2.27. The summed E-state index contributed by atoms with van der Waals surface area (Å²) in [6.45, 7) is 0. The Morgan fingerprint density at radius 2 is 0.978 bits per heavy atom. The topological polar surface area (TPSA) is 3.24 Å². The van der Waals surface area contributed by atoms with Gasteiger partial charge in [0.15, 0.2) is 0 Å². The molecule has 0 bridgehead atoms. The van der Waals surface area contributed by atoms with Crippen LogP contribution >= 0.6 is 11.3 Å². The van der Waals surface area contributed by atoms with Crippen molar-refractivity contribution in [3.05, 3.63) is 176 Å². The molecule has 0 atom stereocenters. The normalized spacial score (nSPS) is 11.5. The number of anilines is 3. The molecule has 0 saturated heterocycles. The van der Waals surface area contributed by atoms with Crippen LogP contribution in [0.4, 0.5) is 17.1 Å². The van der Waals surface area contributed by atoms with Gasteiger partial charge in [0.2, 0.25) is 0 Å². The minimum absolute atomic E-state index is 1.13. The molecule has 0 radical (unpaired) electrons. The van der Waals surface area contributed by atoms with E-state index in [-0.39, 0.29) is 0 Å². The molecule has 0 aliphatic carbocycles. The summed E-state index contributed by atoms with van der Waals surface area (Å²) in [5.74, 6) is 0. The Hall–Kier alpha value is -5.70. The lowest BCUT2D eigenvalue weighted by atomic mass is 9.91. The van der Waals surface area contributed by atoms with Gasteiger partial charge in [0, 0.05) is 36.9 Å². The molecule has 0 N–H and O–H groups in total. The third-order valence-electron chi connectivity index (χ3n) is 9.03. The minimum atomic E-state index is 1.13. The summed E-state index contributed by atoms with van der Waals surface area (Å²) in [5.41, 5.74) is 8.35. The summed E-state index contributed by atoms with van der Waals surface area (Å²) in [6.07, 6.45) is 0. The number of hydrogen-bond donors (Lipinski definition) is 0.